The molecule has 3 nitrogen and oxygen atoms in total. The van der Waals surface area contributed by atoms with Crippen molar-refractivity contribution in [1.82, 2.24) is 4.90 Å². The summed E-state index contributed by atoms with van der Waals surface area (Å²) in [6, 6.07) is 7.06. The molecule has 1 aromatic rings. The van der Waals surface area contributed by atoms with Crippen LogP contribution in [0, 0.1) is 17.3 Å². The highest BCUT2D eigenvalue weighted by atomic mass is 16.2. The monoisotopic (exact) mass is 256 g/mol. The van der Waals surface area contributed by atoms with Crippen molar-refractivity contribution < 1.29 is 9.59 Å². The lowest BCUT2D eigenvalue weighted by Crippen LogP contribution is -2.32. The molecule has 0 N–H and O–H groups in total. The minimum atomic E-state index is -0.146. The Bertz CT molecular complexity index is 521. The van der Waals surface area contributed by atoms with E-state index in [1.165, 1.54) is 10.8 Å². The number of carbonyl (C=O) groups is 2. The van der Waals surface area contributed by atoms with E-state index in [9.17, 15) is 9.59 Å². The van der Waals surface area contributed by atoms with Crippen molar-refractivity contribution in [2.24, 2.45) is 11.3 Å². The maximum absolute atomic E-state index is 12.2. The fraction of sp³-hybridized carbons (Fsp3) is 0.438. The number of rotatable bonds is 2. The molecule has 0 spiro atoms. The highest BCUT2D eigenvalue weighted by Crippen LogP contribution is 2.53. The molecule has 3 heteroatoms. The molecule has 0 bridgehead atoms. The predicted octanol–water partition coefficient (Wildman–Crippen LogP) is 2.92. The Hall–Kier alpha value is -1.64. The van der Waals surface area contributed by atoms with Crippen molar-refractivity contribution in [3.8, 4) is 0 Å². The number of fused-ring (bicyclic) bond motifs is 1. The number of carbonyl (C=O) groups excluding carboxylic acids is 2. The van der Waals surface area contributed by atoms with Gasteiger partial charge in [0.05, 0.1) is 11.1 Å². The van der Waals surface area contributed by atoms with Crippen LogP contribution < -0.4 is 0 Å². The molecule has 0 aromatic heterocycles. The molecule has 2 aliphatic rings. The van der Waals surface area contributed by atoms with E-state index < -0.39 is 0 Å². The van der Waals surface area contributed by atoms with E-state index in [1.54, 1.807) is 24.3 Å². The van der Waals surface area contributed by atoms with Gasteiger partial charge in [-0.25, -0.2) is 0 Å². The Morgan fingerprint density at radius 3 is 2.05 bits per heavy atom. The Balaban J connectivity index is 1.76. The van der Waals surface area contributed by atoms with Gasteiger partial charge in [0, 0.05) is 6.54 Å². The average Bonchev–Trinajstić information content (AvgIpc) is 3.09. The molecule has 19 heavy (non-hydrogen) atoms. The third kappa shape index (κ3) is 1.97. The van der Waals surface area contributed by atoms with E-state index >= 15 is 0 Å². The minimum Gasteiger partial charge on any atom is -0.274 e. The molecular formula is C16H18NO2. The van der Waals surface area contributed by atoms with Crippen molar-refractivity contribution in [3.63, 3.8) is 0 Å². The smallest absolute Gasteiger partial charge is 0.261 e. The molecule has 3 rings (SSSR count). The first kappa shape index (κ1) is 12.4. The van der Waals surface area contributed by atoms with Crippen LogP contribution in [0.4, 0.5) is 0 Å². The second-order valence-electron chi connectivity index (χ2n) is 6.52. The lowest BCUT2D eigenvalue weighted by molar-refractivity contribution is 0.0662. The summed E-state index contributed by atoms with van der Waals surface area (Å²) in [7, 11) is 0. The topological polar surface area (TPSA) is 37.4 Å². The number of hydrogen-bond acceptors (Lipinski definition) is 2. The SMILES string of the molecule is CC(C)(C)C1C[C]1CN1C(=O)c2ccccc2C1=O. The molecule has 1 aliphatic heterocycles. The van der Waals surface area contributed by atoms with Crippen molar-refractivity contribution in [2.45, 2.75) is 27.2 Å². The second kappa shape index (κ2) is 3.92. The molecule has 1 atom stereocenters. The predicted molar refractivity (Wildman–Crippen MR) is 72.6 cm³/mol. The van der Waals surface area contributed by atoms with E-state index in [0.717, 1.165) is 6.42 Å². The van der Waals surface area contributed by atoms with Gasteiger partial charge in [0.15, 0.2) is 0 Å². The zero-order valence-electron chi connectivity index (χ0n) is 11.6. The summed E-state index contributed by atoms with van der Waals surface area (Å²) in [4.78, 5) is 25.8. The number of benzene rings is 1. The van der Waals surface area contributed by atoms with Gasteiger partial charge >= 0.3 is 0 Å². The Morgan fingerprint density at radius 1 is 1.11 bits per heavy atom. The molecule has 1 aromatic carbocycles. The second-order valence-corrected chi connectivity index (χ2v) is 6.52. The average molecular weight is 256 g/mol. The quantitative estimate of drug-likeness (QED) is 0.763. The van der Waals surface area contributed by atoms with Crippen LogP contribution in [0.15, 0.2) is 24.3 Å². The van der Waals surface area contributed by atoms with Crippen LogP contribution >= 0.6 is 0 Å². The van der Waals surface area contributed by atoms with Crippen LogP contribution in [0.5, 0.6) is 0 Å². The van der Waals surface area contributed by atoms with Crippen LogP contribution in [-0.4, -0.2) is 23.3 Å². The minimum absolute atomic E-state index is 0.146. The molecule has 1 radical (unpaired) electrons. The van der Waals surface area contributed by atoms with Crippen LogP contribution in [0.1, 0.15) is 47.9 Å². The van der Waals surface area contributed by atoms with Crippen molar-refractivity contribution >= 4 is 11.8 Å². The third-order valence-corrected chi connectivity index (χ3v) is 4.08. The normalized spacial score (nSPS) is 22.9. The van der Waals surface area contributed by atoms with Gasteiger partial charge in [-0.1, -0.05) is 32.9 Å². The van der Waals surface area contributed by atoms with Gasteiger partial charge in [-0.3, -0.25) is 14.5 Å². The van der Waals surface area contributed by atoms with Crippen molar-refractivity contribution in [2.75, 3.05) is 6.54 Å². The lowest BCUT2D eigenvalue weighted by atomic mass is 9.89. The van der Waals surface area contributed by atoms with Crippen LogP contribution in [0.3, 0.4) is 0 Å². The van der Waals surface area contributed by atoms with Gasteiger partial charge < -0.3 is 0 Å². The van der Waals surface area contributed by atoms with Crippen molar-refractivity contribution in [3.05, 3.63) is 41.3 Å². The van der Waals surface area contributed by atoms with E-state index in [-0.39, 0.29) is 17.2 Å². The van der Waals surface area contributed by atoms with Gasteiger partial charge in [0.2, 0.25) is 0 Å². The van der Waals surface area contributed by atoms with Crippen LogP contribution in [-0.2, 0) is 0 Å². The van der Waals surface area contributed by atoms with Gasteiger partial charge in [-0.05, 0) is 35.8 Å². The summed E-state index contributed by atoms with van der Waals surface area (Å²) in [6.07, 6.45) is 1.04. The first-order valence-electron chi connectivity index (χ1n) is 6.69. The summed E-state index contributed by atoms with van der Waals surface area (Å²) in [6.45, 7) is 7.10. The van der Waals surface area contributed by atoms with E-state index in [2.05, 4.69) is 20.8 Å². The van der Waals surface area contributed by atoms with Gasteiger partial charge in [0.1, 0.15) is 0 Å². The molecule has 1 unspecified atom stereocenters. The van der Waals surface area contributed by atoms with Crippen LogP contribution in [0.25, 0.3) is 0 Å². The molecule has 2 amide bonds. The summed E-state index contributed by atoms with van der Waals surface area (Å²) in [5.74, 6) is 1.57. The number of hydrogen-bond donors (Lipinski definition) is 0. The van der Waals surface area contributed by atoms with Gasteiger partial charge in [-0.2, -0.15) is 0 Å². The molecule has 1 saturated carbocycles. The number of imide groups is 1. The molecule has 1 heterocycles. The van der Waals surface area contributed by atoms with Gasteiger partial charge in [-0.15, -0.1) is 0 Å². The molecule has 1 aliphatic carbocycles. The summed E-state index contributed by atoms with van der Waals surface area (Å²) < 4.78 is 0. The molecule has 1 fully saturated rings. The lowest BCUT2D eigenvalue weighted by Gasteiger charge is -2.19. The van der Waals surface area contributed by atoms with Crippen LogP contribution in [0.2, 0.25) is 0 Å². The summed E-state index contributed by atoms with van der Waals surface area (Å²) in [5, 5.41) is 0. The number of nitrogens with zero attached hydrogens (tertiary/aromatic N) is 1. The zero-order chi connectivity index (χ0) is 13.8. The first-order valence-corrected chi connectivity index (χ1v) is 6.69. The zero-order valence-corrected chi connectivity index (χ0v) is 11.6. The first-order chi connectivity index (χ1) is 8.89. The fourth-order valence-electron chi connectivity index (χ4n) is 2.88. The summed E-state index contributed by atoms with van der Waals surface area (Å²) >= 11 is 0. The molecule has 99 valence electrons. The third-order valence-electron chi connectivity index (χ3n) is 4.08. The fourth-order valence-corrected chi connectivity index (χ4v) is 2.88. The standard InChI is InChI=1S/C16H18NO2/c1-16(2,3)13-8-10(13)9-17-14(18)11-6-4-5-7-12(11)15(17)19/h4-7,13H,8-9H2,1-3H3. The van der Waals surface area contributed by atoms with E-state index in [1.807, 2.05) is 0 Å². The Morgan fingerprint density at radius 2 is 1.63 bits per heavy atom. The highest BCUT2D eigenvalue weighted by Gasteiger charge is 2.48. The Kier molecular flexibility index (Phi) is 2.56. The maximum Gasteiger partial charge on any atom is 0.261 e. The molecule has 0 saturated heterocycles. The highest BCUT2D eigenvalue weighted by molar-refractivity contribution is 6.21. The Labute approximate surface area is 113 Å². The number of amides is 2. The van der Waals surface area contributed by atoms with Crippen molar-refractivity contribution in [1.29, 1.82) is 0 Å². The largest absolute Gasteiger partial charge is 0.274 e. The van der Waals surface area contributed by atoms with E-state index in [0.29, 0.717) is 23.6 Å². The summed E-state index contributed by atoms with van der Waals surface area (Å²) in [5.41, 5.74) is 1.32. The molecular weight excluding hydrogens is 238 g/mol. The maximum atomic E-state index is 12.2. The van der Waals surface area contributed by atoms with Gasteiger partial charge in [0.25, 0.3) is 11.8 Å². The van der Waals surface area contributed by atoms with E-state index in [4.69, 9.17) is 0 Å².